The molecule has 30 heavy (non-hydrogen) atoms. The highest BCUT2D eigenvalue weighted by atomic mass is 16.5. The predicted octanol–water partition coefficient (Wildman–Crippen LogP) is 4.02. The summed E-state index contributed by atoms with van der Waals surface area (Å²) in [5.41, 5.74) is 3.93. The summed E-state index contributed by atoms with van der Waals surface area (Å²) in [5.74, 6) is 1.91. The molecular formula is C24H26N2O4. The van der Waals surface area contributed by atoms with Gasteiger partial charge in [0, 0.05) is 18.5 Å². The molecule has 3 aromatic rings. The molecule has 0 saturated carbocycles. The molecule has 1 atom stereocenters. The highest BCUT2D eigenvalue weighted by Crippen LogP contribution is 2.28. The monoisotopic (exact) mass is 406 g/mol. The number of nitrogens with one attached hydrogen (secondary N) is 1. The molecule has 0 spiro atoms. The van der Waals surface area contributed by atoms with Crippen molar-refractivity contribution in [2.24, 2.45) is 0 Å². The zero-order chi connectivity index (χ0) is 20.9. The van der Waals surface area contributed by atoms with E-state index in [0.29, 0.717) is 25.5 Å². The van der Waals surface area contributed by atoms with Gasteiger partial charge < -0.3 is 19.2 Å². The Morgan fingerprint density at radius 2 is 2.07 bits per heavy atom. The standard InChI is InChI=1S/C24H26N2O4/c1-3-28-24(27)22-20-15-19(10-9-17(20)11-13-25-22)29-14-12-21-16(2)30-23(26-21)18-7-5-4-6-8-18/h4-10,15,22,25H,3,11-14H2,1-2H3. The van der Waals surface area contributed by atoms with Crippen LogP contribution in [0.5, 0.6) is 5.75 Å². The van der Waals surface area contributed by atoms with Crippen LogP contribution in [0.4, 0.5) is 0 Å². The zero-order valence-corrected chi connectivity index (χ0v) is 17.3. The maximum Gasteiger partial charge on any atom is 0.327 e. The highest BCUT2D eigenvalue weighted by molar-refractivity contribution is 5.78. The molecule has 1 aliphatic rings. The fourth-order valence-electron chi connectivity index (χ4n) is 3.69. The maximum atomic E-state index is 12.3. The molecule has 1 aliphatic heterocycles. The number of carbonyl (C=O) groups excluding carboxylic acids is 1. The molecule has 0 aliphatic carbocycles. The van der Waals surface area contributed by atoms with E-state index in [2.05, 4.69) is 10.3 Å². The number of aromatic nitrogens is 1. The Morgan fingerprint density at radius 3 is 2.87 bits per heavy atom. The van der Waals surface area contributed by atoms with E-state index in [1.165, 1.54) is 0 Å². The Bertz CT molecular complexity index is 1010. The lowest BCUT2D eigenvalue weighted by molar-refractivity contribution is -0.146. The van der Waals surface area contributed by atoms with Gasteiger partial charge in [-0.3, -0.25) is 0 Å². The van der Waals surface area contributed by atoms with Crippen LogP contribution in [0.1, 0.15) is 35.5 Å². The number of carbonyl (C=O) groups is 1. The van der Waals surface area contributed by atoms with E-state index in [0.717, 1.165) is 46.9 Å². The van der Waals surface area contributed by atoms with E-state index in [1.807, 2.05) is 62.4 Å². The number of oxazole rings is 1. The van der Waals surface area contributed by atoms with E-state index in [-0.39, 0.29) is 5.97 Å². The first-order valence-corrected chi connectivity index (χ1v) is 10.3. The third-order valence-corrected chi connectivity index (χ3v) is 5.21. The van der Waals surface area contributed by atoms with Gasteiger partial charge in [-0.1, -0.05) is 24.3 Å². The van der Waals surface area contributed by atoms with Crippen LogP contribution in [0.2, 0.25) is 0 Å². The molecule has 0 fully saturated rings. The Hall–Kier alpha value is -3.12. The van der Waals surface area contributed by atoms with Crippen molar-refractivity contribution in [2.75, 3.05) is 19.8 Å². The first-order valence-electron chi connectivity index (χ1n) is 10.3. The average molecular weight is 406 g/mol. The summed E-state index contributed by atoms with van der Waals surface area (Å²) in [4.78, 5) is 16.9. The summed E-state index contributed by atoms with van der Waals surface area (Å²) >= 11 is 0. The van der Waals surface area contributed by atoms with Crippen LogP contribution in [-0.4, -0.2) is 30.7 Å². The number of hydrogen-bond donors (Lipinski definition) is 1. The van der Waals surface area contributed by atoms with Crippen molar-refractivity contribution in [3.05, 3.63) is 71.1 Å². The molecular weight excluding hydrogens is 380 g/mol. The topological polar surface area (TPSA) is 73.6 Å². The van der Waals surface area contributed by atoms with Crippen molar-refractivity contribution in [3.8, 4) is 17.2 Å². The fourth-order valence-corrected chi connectivity index (χ4v) is 3.69. The molecule has 6 nitrogen and oxygen atoms in total. The van der Waals surface area contributed by atoms with Crippen LogP contribution in [-0.2, 0) is 22.4 Å². The Balaban J connectivity index is 1.42. The van der Waals surface area contributed by atoms with Gasteiger partial charge in [-0.25, -0.2) is 9.78 Å². The van der Waals surface area contributed by atoms with Crippen LogP contribution < -0.4 is 10.1 Å². The van der Waals surface area contributed by atoms with Gasteiger partial charge in [-0.2, -0.15) is 0 Å². The fraction of sp³-hybridized carbons (Fsp3) is 0.333. The van der Waals surface area contributed by atoms with Gasteiger partial charge in [0.05, 0.1) is 18.9 Å². The molecule has 4 rings (SSSR count). The van der Waals surface area contributed by atoms with E-state index in [4.69, 9.17) is 13.9 Å². The lowest BCUT2D eigenvalue weighted by Gasteiger charge is -2.25. The van der Waals surface area contributed by atoms with E-state index >= 15 is 0 Å². The second-order valence-corrected chi connectivity index (χ2v) is 7.24. The molecule has 1 N–H and O–H groups in total. The van der Waals surface area contributed by atoms with Gasteiger partial charge in [0.25, 0.3) is 0 Å². The summed E-state index contributed by atoms with van der Waals surface area (Å²) in [6, 6.07) is 15.3. The highest BCUT2D eigenvalue weighted by Gasteiger charge is 2.27. The van der Waals surface area contributed by atoms with Crippen LogP contribution in [0.15, 0.2) is 52.9 Å². The third kappa shape index (κ3) is 4.39. The normalized spacial score (nSPS) is 15.5. The van der Waals surface area contributed by atoms with Crippen molar-refractivity contribution < 1.29 is 18.7 Å². The first-order chi connectivity index (χ1) is 14.7. The second-order valence-electron chi connectivity index (χ2n) is 7.24. The molecule has 156 valence electrons. The van der Waals surface area contributed by atoms with Gasteiger partial charge in [-0.15, -0.1) is 0 Å². The number of nitrogens with zero attached hydrogens (tertiary/aromatic N) is 1. The summed E-state index contributed by atoms with van der Waals surface area (Å²) < 4.78 is 17.0. The quantitative estimate of drug-likeness (QED) is 0.598. The first kappa shape index (κ1) is 20.2. The van der Waals surface area contributed by atoms with Gasteiger partial charge in [0.1, 0.15) is 17.6 Å². The van der Waals surface area contributed by atoms with Crippen LogP contribution in [0.25, 0.3) is 11.5 Å². The number of esters is 1. The van der Waals surface area contributed by atoms with Gasteiger partial charge in [0.15, 0.2) is 0 Å². The summed E-state index contributed by atoms with van der Waals surface area (Å²) in [6.45, 7) is 5.33. The Kier molecular flexibility index (Phi) is 6.14. The number of hydrogen-bond acceptors (Lipinski definition) is 6. The average Bonchev–Trinajstić information content (AvgIpc) is 3.14. The third-order valence-electron chi connectivity index (χ3n) is 5.21. The predicted molar refractivity (Wildman–Crippen MR) is 113 cm³/mol. The number of benzene rings is 2. The summed E-state index contributed by atoms with van der Waals surface area (Å²) in [7, 11) is 0. The minimum absolute atomic E-state index is 0.248. The molecule has 1 unspecified atom stereocenters. The lowest BCUT2D eigenvalue weighted by atomic mass is 9.94. The molecule has 2 heterocycles. The molecule has 0 radical (unpaired) electrons. The number of rotatable bonds is 7. The van der Waals surface area contributed by atoms with Gasteiger partial charge >= 0.3 is 5.97 Å². The molecule has 6 heteroatoms. The van der Waals surface area contributed by atoms with Gasteiger partial charge in [0.2, 0.25) is 5.89 Å². The van der Waals surface area contributed by atoms with Crippen molar-refractivity contribution in [3.63, 3.8) is 0 Å². The van der Waals surface area contributed by atoms with Gasteiger partial charge in [-0.05, 0) is 55.7 Å². The summed E-state index contributed by atoms with van der Waals surface area (Å²) in [6.07, 6.45) is 1.52. The molecule has 0 saturated heterocycles. The van der Waals surface area contributed by atoms with Crippen LogP contribution in [0.3, 0.4) is 0 Å². The van der Waals surface area contributed by atoms with Crippen molar-refractivity contribution in [1.29, 1.82) is 0 Å². The lowest BCUT2D eigenvalue weighted by Crippen LogP contribution is -2.36. The van der Waals surface area contributed by atoms with Crippen molar-refractivity contribution in [1.82, 2.24) is 10.3 Å². The molecule has 0 amide bonds. The van der Waals surface area contributed by atoms with Crippen LogP contribution >= 0.6 is 0 Å². The van der Waals surface area contributed by atoms with E-state index in [1.54, 1.807) is 0 Å². The van der Waals surface area contributed by atoms with Crippen molar-refractivity contribution >= 4 is 5.97 Å². The number of ether oxygens (including phenoxy) is 2. The van der Waals surface area contributed by atoms with Crippen LogP contribution in [0, 0.1) is 6.92 Å². The number of fused-ring (bicyclic) bond motifs is 1. The molecule has 1 aromatic heterocycles. The van der Waals surface area contributed by atoms with E-state index < -0.39 is 6.04 Å². The maximum absolute atomic E-state index is 12.3. The molecule has 2 aromatic carbocycles. The molecule has 0 bridgehead atoms. The minimum atomic E-state index is -0.441. The largest absolute Gasteiger partial charge is 0.493 e. The minimum Gasteiger partial charge on any atom is -0.493 e. The van der Waals surface area contributed by atoms with E-state index in [9.17, 15) is 4.79 Å². The van der Waals surface area contributed by atoms with Crippen molar-refractivity contribution in [2.45, 2.75) is 32.7 Å². The number of aryl methyl sites for hydroxylation is 1. The Morgan fingerprint density at radius 1 is 1.23 bits per heavy atom. The Labute approximate surface area is 176 Å². The zero-order valence-electron chi connectivity index (χ0n) is 17.3. The second kappa shape index (κ2) is 9.13. The SMILES string of the molecule is CCOC(=O)C1NCCc2ccc(OCCc3nc(-c4ccccc4)oc3C)cc21. The smallest absolute Gasteiger partial charge is 0.327 e. The summed E-state index contributed by atoms with van der Waals surface area (Å²) in [5, 5.41) is 3.24.